The van der Waals surface area contributed by atoms with E-state index in [0.717, 1.165) is 12.1 Å². The number of rotatable bonds is 2. The molecule has 2 aromatic heterocycles. The van der Waals surface area contributed by atoms with Gasteiger partial charge in [0.2, 0.25) is 0 Å². The number of halogens is 3. The van der Waals surface area contributed by atoms with Crippen molar-refractivity contribution in [1.82, 2.24) is 14.6 Å². The molecule has 3 rings (SSSR count). The molecule has 1 aromatic carbocycles. The minimum Gasteiger partial charge on any atom is -0.319 e. The fourth-order valence-electron chi connectivity index (χ4n) is 2.29. The fourth-order valence-corrected chi connectivity index (χ4v) is 2.29. The first-order valence-electron chi connectivity index (χ1n) is 7.04. The quantitative estimate of drug-likeness (QED) is 0.773. The maximum absolute atomic E-state index is 13.1. The number of hydrogen-bond donors (Lipinski definition) is 1. The third kappa shape index (κ3) is 3.14. The van der Waals surface area contributed by atoms with Crippen molar-refractivity contribution in [3.8, 4) is 6.07 Å². The van der Waals surface area contributed by atoms with E-state index in [1.807, 2.05) is 6.07 Å². The Morgan fingerprint density at radius 1 is 1.28 bits per heavy atom. The van der Waals surface area contributed by atoms with Crippen LogP contribution >= 0.6 is 0 Å². The lowest BCUT2D eigenvalue weighted by molar-refractivity contribution is -0.142. The molecule has 9 heteroatoms. The largest absolute Gasteiger partial charge is 0.433 e. The molecule has 0 aliphatic carbocycles. The van der Waals surface area contributed by atoms with Crippen molar-refractivity contribution in [3.05, 3.63) is 59.0 Å². The summed E-state index contributed by atoms with van der Waals surface area (Å²) < 4.78 is 40.0. The summed E-state index contributed by atoms with van der Waals surface area (Å²) in [6, 6.07) is 10.2. The molecule has 3 aromatic rings. The summed E-state index contributed by atoms with van der Waals surface area (Å²) in [5, 5.41) is 15.2. The third-order valence-electron chi connectivity index (χ3n) is 3.37. The Bertz CT molecular complexity index is 1020. The molecular weight excluding hydrogens is 335 g/mol. The van der Waals surface area contributed by atoms with Crippen molar-refractivity contribution < 1.29 is 18.0 Å². The summed E-state index contributed by atoms with van der Waals surface area (Å²) in [6.45, 7) is 1.42. The number of carbonyl (C=O) groups is 1. The van der Waals surface area contributed by atoms with Gasteiger partial charge in [0.25, 0.3) is 5.91 Å². The normalized spacial score (nSPS) is 11.3. The molecule has 0 aliphatic heterocycles. The first kappa shape index (κ1) is 16.4. The Hall–Kier alpha value is -3.41. The van der Waals surface area contributed by atoms with Crippen LogP contribution in [0, 0.1) is 18.3 Å². The zero-order chi connectivity index (χ0) is 18.2. The Labute approximate surface area is 139 Å². The van der Waals surface area contributed by atoms with Gasteiger partial charge in [0.05, 0.1) is 11.3 Å². The maximum atomic E-state index is 13.1. The van der Waals surface area contributed by atoms with E-state index in [-0.39, 0.29) is 28.3 Å². The first-order chi connectivity index (χ1) is 11.8. The number of nitrogens with zero attached hydrogens (tertiary/aromatic N) is 4. The second-order valence-corrected chi connectivity index (χ2v) is 5.19. The van der Waals surface area contributed by atoms with Gasteiger partial charge in [0.1, 0.15) is 11.8 Å². The molecule has 126 valence electrons. The highest BCUT2D eigenvalue weighted by Gasteiger charge is 2.35. The van der Waals surface area contributed by atoms with Gasteiger partial charge in [-0.3, -0.25) is 4.79 Å². The fraction of sp³-hybridized carbons (Fsp3) is 0.125. The average Bonchev–Trinajstić information content (AvgIpc) is 2.97. The summed E-state index contributed by atoms with van der Waals surface area (Å²) in [5.41, 5.74) is -0.729. The monoisotopic (exact) mass is 345 g/mol. The van der Waals surface area contributed by atoms with Gasteiger partial charge in [0, 0.05) is 11.8 Å². The van der Waals surface area contributed by atoms with Gasteiger partial charge in [-0.2, -0.15) is 23.5 Å². The molecule has 0 bridgehead atoms. The van der Waals surface area contributed by atoms with Crippen LogP contribution in [0.5, 0.6) is 0 Å². The maximum Gasteiger partial charge on any atom is 0.433 e. The minimum atomic E-state index is -4.64. The van der Waals surface area contributed by atoms with Gasteiger partial charge in [-0.1, -0.05) is 12.1 Å². The lowest BCUT2D eigenvalue weighted by Gasteiger charge is -2.09. The summed E-state index contributed by atoms with van der Waals surface area (Å²) in [5.74, 6) is -0.737. The number of aromatic nitrogens is 3. The number of para-hydroxylation sites is 1. The van der Waals surface area contributed by atoms with Crippen molar-refractivity contribution >= 4 is 17.2 Å². The molecule has 25 heavy (non-hydrogen) atoms. The van der Waals surface area contributed by atoms with Crippen LogP contribution < -0.4 is 5.32 Å². The van der Waals surface area contributed by atoms with Gasteiger partial charge in [-0.25, -0.2) is 9.50 Å². The van der Waals surface area contributed by atoms with E-state index < -0.39 is 17.8 Å². The van der Waals surface area contributed by atoms with Gasteiger partial charge in [-0.15, -0.1) is 0 Å². The molecule has 0 unspecified atom stereocenters. The number of nitriles is 1. The zero-order valence-electron chi connectivity index (χ0n) is 12.8. The van der Waals surface area contributed by atoms with Crippen molar-refractivity contribution in [3.63, 3.8) is 0 Å². The van der Waals surface area contributed by atoms with E-state index in [1.54, 1.807) is 12.1 Å². The van der Waals surface area contributed by atoms with Gasteiger partial charge in [-0.05, 0) is 25.1 Å². The number of fused-ring (bicyclic) bond motifs is 1. The van der Waals surface area contributed by atoms with Crippen LogP contribution in [0.15, 0.2) is 36.4 Å². The number of nitrogens with one attached hydrogen (secondary N) is 1. The molecule has 2 heterocycles. The lowest BCUT2D eigenvalue weighted by atomic mass is 10.2. The average molecular weight is 345 g/mol. The van der Waals surface area contributed by atoms with Crippen LogP contribution in [-0.4, -0.2) is 20.5 Å². The molecule has 6 nitrogen and oxygen atoms in total. The number of alkyl halides is 3. The lowest BCUT2D eigenvalue weighted by Crippen LogP contribution is -2.16. The van der Waals surface area contributed by atoms with Gasteiger partial charge < -0.3 is 5.32 Å². The van der Waals surface area contributed by atoms with Crippen molar-refractivity contribution in [2.75, 3.05) is 5.32 Å². The minimum absolute atomic E-state index is 0.0916. The van der Waals surface area contributed by atoms with Crippen LogP contribution in [0.4, 0.5) is 18.9 Å². The van der Waals surface area contributed by atoms with E-state index >= 15 is 0 Å². The molecule has 0 fully saturated rings. The molecule has 0 atom stereocenters. The standard InChI is InChI=1S/C16H10F3N5O/c1-9-6-13(16(17,18)19)24-14(21-9)7-12(23-24)15(25)22-11-5-3-2-4-10(11)8-20/h2-7H,1H3,(H,22,25). The molecule has 0 saturated carbocycles. The number of benzene rings is 1. The van der Waals surface area contributed by atoms with Crippen LogP contribution in [0.25, 0.3) is 5.65 Å². The number of carbonyl (C=O) groups excluding carboxylic acids is 1. The number of aryl methyl sites for hydroxylation is 1. The SMILES string of the molecule is Cc1cc(C(F)(F)F)n2nc(C(=O)Nc3ccccc3C#N)cc2n1. The van der Waals surface area contributed by atoms with E-state index in [2.05, 4.69) is 15.4 Å². The number of amides is 1. The smallest absolute Gasteiger partial charge is 0.319 e. The highest BCUT2D eigenvalue weighted by molar-refractivity contribution is 6.04. The van der Waals surface area contributed by atoms with E-state index in [4.69, 9.17) is 5.26 Å². The highest BCUT2D eigenvalue weighted by atomic mass is 19.4. The Morgan fingerprint density at radius 3 is 2.68 bits per heavy atom. The molecular formula is C16H10F3N5O. The number of hydrogen-bond acceptors (Lipinski definition) is 4. The third-order valence-corrected chi connectivity index (χ3v) is 3.37. The van der Waals surface area contributed by atoms with Crippen LogP contribution in [0.3, 0.4) is 0 Å². The molecule has 0 saturated heterocycles. The zero-order valence-corrected chi connectivity index (χ0v) is 12.8. The molecule has 1 N–H and O–H groups in total. The predicted molar refractivity (Wildman–Crippen MR) is 81.8 cm³/mol. The summed E-state index contributed by atoms with van der Waals surface area (Å²) in [6.07, 6.45) is -4.64. The Kier molecular flexibility index (Phi) is 3.88. The van der Waals surface area contributed by atoms with E-state index in [0.29, 0.717) is 4.52 Å². The highest BCUT2D eigenvalue weighted by Crippen LogP contribution is 2.30. The van der Waals surface area contributed by atoms with Crippen molar-refractivity contribution in [1.29, 1.82) is 5.26 Å². The van der Waals surface area contributed by atoms with Crippen LogP contribution in [-0.2, 0) is 6.18 Å². The topological polar surface area (TPSA) is 83.1 Å². The summed E-state index contributed by atoms with van der Waals surface area (Å²) in [7, 11) is 0. The van der Waals surface area contributed by atoms with Gasteiger partial charge >= 0.3 is 6.18 Å². The molecule has 0 aliphatic rings. The van der Waals surface area contributed by atoms with Crippen molar-refractivity contribution in [2.24, 2.45) is 0 Å². The van der Waals surface area contributed by atoms with E-state index in [1.165, 1.54) is 19.1 Å². The second kappa shape index (κ2) is 5.90. The number of anilines is 1. The van der Waals surface area contributed by atoms with Crippen LogP contribution in [0.2, 0.25) is 0 Å². The van der Waals surface area contributed by atoms with Gasteiger partial charge in [0.15, 0.2) is 11.3 Å². The Morgan fingerprint density at radius 2 is 2.00 bits per heavy atom. The molecule has 1 amide bonds. The molecule has 0 radical (unpaired) electrons. The summed E-state index contributed by atoms with van der Waals surface area (Å²) in [4.78, 5) is 16.3. The van der Waals surface area contributed by atoms with Crippen molar-refractivity contribution in [2.45, 2.75) is 13.1 Å². The molecule has 0 spiro atoms. The van der Waals surface area contributed by atoms with Crippen LogP contribution in [0.1, 0.15) is 27.4 Å². The predicted octanol–water partition coefficient (Wildman–Crippen LogP) is 3.18. The van der Waals surface area contributed by atoms with E-state index in [9.17, 15) is 18.0 Å². The Balaban J connectivity index is 2.02. The second-order valence-electron chi connectivity index (χ2n) is 5.19. The first-order valence-corrected chi connectivity index (χ1v) is 7.04. The summed E-state index contributed by atoms with van der Waals surface area (Å²) >= 11 is 0.